The summed E-state index contributed by atoms with van der Waals surface area (Å²) in [6.45, 7) is 0. The molecule has 2 heterocycles. The molecule has 1 saturated carbocycles. The van der Waals surface area contributed by atoms with Gasteiger partial charge in [0.2, 0.25) is 0 Å². The minimum Gasteiger partial charge on any atom is -0.480 e. The van der Waals surface area contributed by atoms with E-state index in [1.807, 2.05) is 0 Å². The lowest BCUT2D eigenvalue weighted by Gasteiger charge is -2.33. The van der Waals surface area contributed by atoms with Crippen molar-refractivity contribution in [1.29, 1.82) is 0 Å². The Morgan fingerprint density at radius 1 is 1.19 bits per heavy atom. The molecule has 0 saturated heterocycles. The minimum atomic E-state index is -4.51. The number of halogens is 3. The van der Waals surface area contributed by atoms with Gasteiger partial charge in [-0.05, 0) is 25.0 Å². The van der Waals surface area contributed by atoms with Crippen LogP contribution in [-0.2, 0) is 11.0 Å². The van der Waals surface area contributed by atoms with Gasteiger partial charge in [-0.3, -0.25) is 4.79 Å². The van der Waals surface area contributed by atoms with Gasteiger partial charge in [0, 0.05) is 6.20 Å². The van der Waals surface area contributed by atoms with Crippen LogP contribution in [0, 0.1) is 0 Å². The Balaban J connectivity index is 1.77. The van der Waals surface area contributed by atoms with Gasteiger partial charge in [-0.2, -0.15) is 13.2 Å². The number of rotatable bonds is 4. The van der Waals surface area contributed by atoms with E-state index in [2.05, 4.69) is 20.6 Å². The van der Waals surface area contributed by atoms with Gasteiger partial charge in [0.25, 0.3) is 5.91 Å². The fraction of sp³-hybridized carbons (Fsp3) is 0.438. The third kappa shape index (κ3) is 3.91. The lowest BCUT2D eigenvalue weighted by atomic mass is 9.81. The van der Waals surface area contributed by atoms with Crippen LogP contribution in [0.3, 0.4) is 0 Å². The summed E-state index contributed by atoms with van der Waals surface area (Å²) < 4.78 is 38.8. The topological polar surface area (TPSA) is 110 Å². The second kappa shape index (κ2) is 6.97. The molecule has 0 spiro atoms. The quantitative estimate of drug-likeness (QED) is 0.838. The normalized spacial score (nSPS) is 16.7. The molecule has 0 bridgehead atoms. The van der Waals surface area contributed by atoms with Crippen LogP contribution in [0.4, 0.5) is 13.2 Å². The maximum atomic E-state index is 12.6. The van der Waals surface area contributed by atoms with E-state index >= 15 is 0 Å². The summed E-state index contributed by atoms with van der Waals surface area (Å²) in [5.74, 6) is -1.77. The Kier molecular flexibility index (Phi) is 4.85. The van der Waals surface area contributed by atoms with Crippen LogP contribution in [-0.4, -0.2) is 42.5 Å². The number of aliphatic carboxylic acids is 1. The van der Waals surface area contributed by atoms with Gasteiger partial charge in [0.1, 0.15) is 5.54 Å². The zero-order chi connectivity index (χ0) is 19.7. The molecule has 0 radical (unpaired) electrons. The highest BCUT2D eigenvalue weighted by Crippen LogP contribution is 2.29. The number of amides is 1. The Hall–Kier alpha value is -2.98. The van der Waals surface area contributed by atoms with E-state index in [0.29, 0.717) is 31.9 Å². The molecule has 0 aromatic carbocycles. The van der Waals surface area contributed by atoms with Gasteiger partial charge in [-0.1, -0.05) is 24.5 Å². The molecule has 0 aliphatic heterocycles. The molecule has 3 rings (SSSR count). The second-order valence-electron chi connectivity index (χ2n) is 6.35. The molecule has 2 aromatic rings. The zero-order valence-corrected chi connectivity index (χ0v) is 14.0. The van der Waals surface area contributed by atoms with Crippen LogP contribution in [0.15, 0.2) is 24.5 Å². The summed E-state index contributed by atoms with van der Waals surface area (Å²) in [5, 5.41) is 19.4. The number of carboxylic acid groups (broad SMARTS) is 1. The van der Waals surface area contributed by atoms with Crippen molar-refractivity contribution in [1.82, 2.24) is 25.3 Å². The number of nitrogens with one attached hydrogen (secondary N) is 1. The minimum absolute atomic E-state index is 0.0418. The summed E-state index contributed by atoms with van der Waals surface area (Å²) in [6.07, 6.45) is 0.251. The van der Waals surface area contributed by atoms with Crippen molar-refractivity contribution in [2.24, 2.45) is 0 Å². The molecule has 2 aromatic heterocycles. The highest BCUT2D eigenvalue weighted by molar-refractivity contribution is 5.96. The van der Waals surface area contributed by atoms with Crippen molar-refractivity contribution in [3.05, 3.63) is 35.8 Å². The van der Waals surface area contributed by atoms with E-state index < -0.39 is 29.2 Å². The van der Waals surface area contributed by atoms with Crippen LogP contribution < -0.4 is 5.32 Å². The molecule has 8 nitrogen and oxygen atoms in total. The van der Waals surface area contributed by atoms with E-state index in [1.54, 1.807) is 0 Å². The maximum absolute atomic E-state index is 12.6. The van der Waals surface area contributed by atoms with Crippen molar-refractivity contribution in [3.63, 3.8) is 0 Å². The van der Waals surface area contributed by atoms with Gasteiger partial charge in [-0.25, -0.2) is 14.5 Å². The molecule has 1 fully saturated rings. The SMILES string of the molecule is O=C(NC1(C(=O)O)CCCCC1)c1cn(-c2ccc(C(F)(F)F)cn2)nn1. The van der Waals surface area contributed by atoms with Crippen molar-refractivity contribution >= 4 is 11.9 Å². The molecular formula is C16H16F3N5O3. The van der Waals surface area contributed by atoms with Gasteiger partial charge < -0.3 is 10.4 Å². The molecule has 1 aliphatic rings. The van der Waals surface area contributed by atoms with Gasteiger partial charge in [-0.15, -0.1) is 5.10 Å². The number of hydrogen-bond acceptors (Lipinski definition) is 5. The van der Waals surface area contributed by atoms with Crippen LogP contribution in [0.5, 0.6) is 0 Å². The van der Waals surface area contributed by atoms with Gasteiger partial charge >= 0.3 is 12.1 Å². The van der Waals surface area contributed by atoms with E-state index in [9.17, 15) is 27.9 Å². The summed E-state index contributed by atoms with van der Waals surface area (Å²) in [5.41, 5.74) is -2.40. The largest absolute Gasteiger partial charge is 0.480 e. The van der Waals surface area contributed by atoms with Crippen molar-refractivity contribution < 1.29 is 27.9 Å². The Morgan fingerprint density at radius 2 is 1.89 bits per heavy atom. The fourth-order valence-corrected chi connectivity index (χ4v) is 3.00. The Morgan fingerprint density at radius 3 is 2.44 bits per heavy atom. The molecule has 0 atom stereocenters. The fourth-order valence-electron chi connectivity index (χ4n) is 3.00. The average molecular weight is 383 g/mol. The molecule has 0 unspecified atom stereocenters. The van der Waals surface area contributed by atoms with Gasteiger partial charge in [0.15, 0.2) is 11.5 Å². The Bertz CT molecular complexity index is 842. The number of carboxylic acids is 1. The predicted molar refractivity (Wildman–Crippen MR) is 85.1 cm³/mol. The molecule has 144 valence electrons. The maximum Gasteiger partial charge on any atom is 0.417 e. The molecule has 2 N–H and O–H groups in total. The molecule has 1 aliphatic carbocycles. The van der Waals surface area contributed by atoms with E-state index in [4.69, 9.17) is 0 Å². The first kappa shape index (κ1) is 18.8. The van der Waals surface area contributed by atoms with Gasteiger partial charge in [0.05, 0.1) is 11.8 Å². The second-order valence-corrected chi connectivity index (χ2v) is 6.35. The number of nitrogens with zero attached hydrogens (tertiary/aromatic N) is 4. The molecular weight excluding hydrogens is 367 g/mol. The average Bonchev–Trinajstić information content (AvgIpc) is 3.12. The van der Waals surface area contributed by atoms with Crippen molar-refractivity contribution in [2.75, 3.05) is 0 Å². The molecule has 1 amide bonds. The van der Waals surface area contributed by atoms with E-state index in [1.165, 1.54) is 6.20 Å². The first-order valence-electron chi connectivity index (χ1n) is 8.23. The van der Waals surface area contributed by atoms with Crippen LogP contribution in [0.25, 0.3) is 5.82 Å². The first-order chi connectivity index (χ1) is 12.7. The number of aromatic nitrogens is 4. The van der Waals surface area contributed by atoms with Crippen LogP contribution >= 0.6 is 0 Å². The number of pyridine rings is 1. The van der Waals surface area contributed by atoms with Crippen LogP contribution in [0.2, 0.25) is 0 Å². The highest BCUT2D eigenvalue weighted by atomic mass is 19.4. The highest BCUT2D eigenvalue weighted by Gasteiger charge is 2.41. The van der Waals surface area contributed by atoms with Crippen molar-refractivity contribution in [3.8, 4) is 5.82 Å². The lowest BCUT2D eigenvalue weighted by Crippen LogP contribution is -2.55. The number of carbonyl (C=O) groups excluding carboxylic acids is 1. The Labute approximate surface area is 151 Å². The van der Waals surface area contributed by atoms with E-state index in [-0.39, 0.29) is 11.5 Å². The molecule has 27 heavy (non-hydrogen) atoms. The van der Waals surface area contributed by atoms with Crippen LogP contribution in [0.1, 0.15) is 48.2 Å². The first-order valence-corrected chi connectivity index (χ1v) is 8.23. The lowest BCUT2D eigenvalue weighted by molar-refractivity contribution is -0.146. The number of hydrogen-bond donors (Lipinski definition) is 2. The smallest absolute Gasteiger partial charge is 0.417 e. The van der Waals surface area contributed by atoms with E-state index in [0.717, 1.165) is 23.2 Å². The molecule has 11 heteroatoms. The number of alkyl halides is 3. The monoisotopic (exact) mass is 383 g/mol. The summed E-state index contributed by atoms with van der Waals surface area (Å²) in [7, 11) is 0. The zero-order valence-electron chi connectivity index (χ0n) is 14.0. The third-order valence-electron chi connectivity index (χ3n) is 4.51. The number of carbonyl (C=O) groups is 2. The van der Waals surface area contributed by atoms with Crippen molar-refractivity contribution in [2.45, 2.75) is 43.8 Å². The predicted octanol–water partition coefficient (Wildman–Crippen LogP) is 2.20. The summed E-state index contributed by atoms with van der Waals surface area (Å²) in [4.78, 5) is 27.7. The third-order valence-corrected chi connectivity index (χ3v) is 4.51. The standard InChI is InChI=1S/C16H16F3N5O3/c17-16(18,19)10-4-5-12(20-8-10)24-9-11(22-23-24)13(25)21-15(14(26)27)6-2-1-3-7-15/h4-5,8-9H,1-3,6-7H2,(H,21,25)(H,26,27). The summed E-state index contributed by atoms with van der Waals surface area (Å²) in [6, 6.07) is 1.93. The summed E-state index contributed by atoms with van der Waals surface area (Å²) >= 11 is 0.